The van der Waals surface area contributed by atoms with Gasteiger partial charge >= 0.3 is 0 Å². The van der Waals surface area contributed by atoms with Crippen molar-refractivity contribution in [1.82, 2.24) is 15.6 Å². The first-order chi connectivity index (χ1) is 7.20. The van der Waals surface area contributed by atoms with Gasteiger partial charge in [0.05, 0.1) is 5.01 Å². The summed E-state index contributed by atoms with van der Waals surface area (Å²) in [6.07, 6.45) is 0. The average molecular weight is 224 g/mol. The maximum absolute atomic E-state index is 11.1. The summed E-state index contributed by atoms with van der Waals surface area (Å²) in [5.74, 6) is 4.93. The van der Waals surface area contributed by atoms with E-state index in [0.717, 1.165) is 5.01 Å². The van der Waals surface area contributed by atoms with E-state index in [2.05, 4.69) is 10.1 Å². The Morgan fingerprint density at radius 2 is 2.47 bits per heavy atom. The molecule has 15 heavy (non-hydrogen) atoms. The molecule has 0 aromatic carbocycles. The van der Waals surface area contributed by atoms with Gasteiger partial charge in [0.1, 0.15) is 5.69 Å². The third kappa shape index (κ3) is 1.88. The molecule has 0 saturated carbocycles. The minimum absolute atomic E-state index is 0.137. The Balaban J connectivity index is 2.31. The van der Waals surface area contributed by atoms with Crippen LogP contribution < -0.4 is 11.3 Å². The van der Waals surface area contributed by atoms with E-state index < -0.39 is 5.91 Å². The summed E-state index contributed by atoms with van der Waals surface area (Å²) < 4.78 is 4.96. The molecule has 0 aliphatic heterocycles. The number of carbonyl (C=O) groups is 1. The highest BCUT2D eigenvalue weighted by Crippen LogP contribution is 2.21. The van der Waals surface area contributed by atoms with Crippen LogP contribution in [0.2, 0.25) is 0 Å². The first-order valence-corrected chi connectivity index (χ1v) is 4.99. The summed E-state index contributed by atoms with van der Waals surface area (Å²) in [5, 5.41) is 6.33. The lowest BCUT2D eigenvalue weighted by Crippen LogP contribution is -2.30. The molecular formula is C8H8N4O2S. The van der Waals surface area contributed by atoms with Crippen molar-refractivity contribution in [3.8, 4) is 11.5 Å². The quantitative estimate of drug-likeness (QED) is 0.445. The molecule has 0 saturated heterocycles. The molecule has 7 heteroatoms. The second-order valence-electron chi connectivity index (χ2n) is 2.80. The van der Waals surface area contributed by atoms with Crippen LogP contribution in [0.4, 0.5) is 0 Å². The first-order valence-electron chi connectivity index (χ1n) is 4.11. The number of amides is 1. The minimum Gasteiger partial charge on any atom is -0.354 e. The molecule has 6 nitrogen and oxygen atoms in total. The number of nitrogens with two attached hydrogens (primary N) is 1. The van der Waals surface area contributed by atoms with E-state index in [4.69, 9.17) is 10.4 Å². The molecule has 2 aromatic rings. The Morgan fingerprint density at radius 1 is 1.67 bits per heavy atom. The Morgan fingerprint density at radius 3 is 3.07 bits per heavy atom. The Kier molecular flexibility index (Phi) is 2.48. The van der Waals surface area contributed by atoms with Gasteiger partial charge in [-0.2, -0.15) is 0 Å². The van der Waals surface area contributed by atoms with Gasteiger partial charge < -0.3 is 4.52 Å². The normalized spacial score (nSPS) is 10.3. The topological polar surface area (TPSA) is 94.0 Å². The Hall–Kier alpha value is -1.73. The van der Waals surface area contributed by atoms with E-state index in [0.29, 0.717) is 11.5 Å². The van der Waals surface area contributed by atoms with Crippen molar-refractivity contribution in [2.75, 3.05) is 0 Å². The van der Waals surface area contributed by atoms with Gasteiger partial charge in [-0.25, -0.2) is 10.8 Å². The van der Waals surface area contributed by atoms with Gasteiger partial charge in [-0.05, 0) is 6.92 Å². The van der Waals surface area contributed by atoms with Crippen molar-refractivity contribution in [2.24, 2.45) is 5.84 Å². The highest BCUT2D eigenvalue weighted by Gasteiger charge is 2.13. The van der Waals surface area contributed by atoms with Crippen LogP contribution in [-0.2, 0) is 0 Å². The molecule has 2 rings (SSSR count). The number of aryl methyl sites for hydroxylation is 1. The lowest BCUT2D eigenvalue weighted by Gasteiger charge is -1.88. The maximum atomic E-state index is 11.1. The number of carbonyl (C=O) groups excluding carboxylic acids is 1. The van der Waals surface area contributed by atoms with Crippen molar-refractivity contribution < 1.29 is 9.32 Å². The Bertz CT molecular complexity index is 490. The second-order valence-corrected chi connectivity index (χ2v) is 3.86. The van der Waals surface area contributed by atoms with Crippen LogP contribution in [0.25, 0.3) is 11.5 Å². The van der Waals surface area contributed by atoms with Crippen LogP contribution in [0.5, 0.6) is 0 Å². The molecule has 0 aliphatic carbocycles. The lowest BCUT2D eigenvalue weighted by atomic mass is 10.3. The number of nitrogens with one attached hydrogen (secondary N) is 1. The van der Waals surface area contributed by atoms with Crippen LogP contribution in [0.1, 0.15) is 15.5 Å². The number of thiazole rings is 1. The van der Waals surface area contributed by atoms with Gasteiger partial charge in [0.15, 0.2) is 11.5 Å². The predicted octanol–water partition coefficient (Wildman–Crippen LogP) is 0.710. The van der Waals surface area contributed by atoms with Gasteiger partial charge in [-0.15, -0.1) is 11.3 Å². The van der Waals surface area contributed by atoms with E-state index in [1.807, 2.05) is 17.7 Å². The van der Waals surface area contributed by atoms with Gasteiger partial charge in [0.25, 0.3) is 5.91 Å². The largest absolute Gasteiger partial charge is 0.354 e. The third-order valence-corrected chi connectivity index (χ3v) is 2.52. The SMILES string of the molecule is Cc1nc(-c2cc(C(=O)NN)no2)cs1. The number of nitrogens with zero attached hydrogens (tertiary/aromatic N) is 2. The van der Waals surface area contributed by atoms with Crippen molar-refractivity contribution in [2.45, 2.75) is 6.92 Å². The molecule has 3 N–H and O–H groups in total. The fourth-order valence-corrected chi connectivity index (χ4v) is 1.66. The molecule has 0 radical (unpaired) electrons. The highest BCUT2D eigenvalue weighted by molar-refractivity contribution is 7.09. The summed E-state index contributed by atoms with van der Waals surface area (Å²) >= 11 is 1.50. The van der Waals surface area contributed by atoms with Gasteiger partial charge in [0, 0.05) is 11.4 Å². The number of hydrogen-bond donors (Lipinski definition) is 2. The van der Waals surface area contributed by atoms with Crippen molar-refractivity contribution in [3.63, 3.8) is 0 Å². The van der Waals surface area contributed by atoms with Crippen LogP contribution in [0, 0.1) is 6.92 Å². The summed E-state index contributed by atoms with van der Waals surface area (Å²) in [5.41, 5.74) is 2.78. The molecule has 0 spiro atoms. The number of rotatable bonds is 2. The molecular weight excluding hydrogens is 216 g/mol. The highest BCUT2D eigenvalue weighted by atomic mass is 32.1. The standard InChI is InChI=1S/C8H8N4O2S/c1-4-10-6(3-15-4)7-2-5(12-14-7)8(13)11-9/h2-3H,9H2,1H3,(H,11,13). The molecule has 0 fully saturated rings. The molecule has 2 heterocycles. The number of hydrogen-bond acceptors (Lipinski definition) is 6. The fraction of sp³-hybridized carbons (Fsp3) is 0.125. The zero-order chi connectivity index (χ0) is 10.8. The summed E-state index contributed by atoms with van der Waals surface area (Å²) in [6, 6.07) is 1.50. The summed E-state index contributed by atoms with van der Waals surface area (Å²) in [6.45, 7) is 1.89. The van der Waals surface area contributed by atoms with E-state index in [1.54, 1.807) is 0 Å². The second kappa shape index (κ2) is 3.79. The molecule has 1 amide bonds. The minimum atomic E-state index is -0.489. The van der Waals surface area contributed by atoms with Crippen LogP contribution in [0.3, 0.4) is 0 Å². The lowest BCUT2D eigenvalue weighted by molar-refractivity contribution is 0.0944. The monoisotopic (exact) mass is 224 g/mol. The molecule has 78 valence electrons. The third-order valence-electron chi connectivity index (χ3n) is 1.75. The van der Waals surface area contributed by atoms with Crippen LogP contribution >= 0.6 is 11.3 Å². The molecule has 0 aliphatic rings. The van der Waals surface area contributed by atoms with Gasteiger partial charge in [-0.1, -0.05) is 5.16 Å². The van der Waals surface area contributed by atoms with E-state index in [1.165, 1.54) is 17.4 Å². The van der Waals surface area contributed by atoms with E-state index in [9.17, 15) is 4.79 Å². The number of aromatic nitrogens is 2. The van der Waals surface area contributed by atoms with Crippen LogP contribution in [-0.4, -0.2) is 16.0 Å². The first kappa shape index (κ1) is 9.81. The van der Waals surface area contributed by atoms with E-state index in [-0.39, 0.29) is 5.69 Å². The smallest absolute Gasteiger partial charge is 0.287 e. The summed E-state index contributed by atoms with van der Waals surface area (Å²) in [4.78, 5) is 15.3. The van der Waals surface area contributed by atoms with Crippen molar-refractivity contribution >= 4 is 17.2 Å². The van der Waals surface area contributed by atoms with Gasteiger partial charge in [0.2, 0.25) is 0 Å². The zero-order valence-electron chi connectivity index (χ0n) is 7.85. The maximum Gasteiger partial charge on any atom is 0.287 e. The summed E-state index contributed by atoms with van der Waals surface area (Å²) in [7, 11) is 0. The molecule has 0 unspecified atom stereocenters. The van der Waals surface area contributed by atoms with Crippen molar-refractivity contribution in [1.29, 1.82) is 0 Å². The molecule has 2 aromatic heterocycles. The van der Waals surface area contributed by atoms with Crippen molar-refractivity contribution in [3.05, 3.63) is 22.1 Å². The number of hydrazine groups is 1. The Labute approximate surface area is 89.1 Å². The average Bonchev–Trinajstić information content (AvgIpc) is 2.84. The molecule has 0 atom stereocenters. The number of nitrogen functional groups attached to an aromatic ring is 1. The van der Waals surface area contributed by atoms with Crippen LogP contribution in [0.15, 0.2) is 16.0 Å². The molecule has 0 bridgehead atoms. The van der Waals surface area contributed by atoms with Gasteiger partial charge in [-0.3, -0.25) is 10.2 Å². The zero-order valence-corrected chi connectivity index (χ0v) is 8.67. The van der Waals surface area contributed by atoms with E-state index >= 15 is 0 Å². The predicted molar refractivity (Wildman–Crippen MR) is 54.0 cm³/mol. The fourth-order valence-electron chi connectivity index (χ4n) is 1.05.